The predicted molar refractivity (Wildman–Crippen MR) is 44.3 cm³/mol. The fourth-order valence-corrected chi connectivity index (χ4v) is 1.54. The molecule has 2 heteroatoms. The molecule has 10 heavy (non-hydrogen) atoms. The zero-order valence-corrected chi connectivity index (χ0v) is 6.68. The second-order valence-corrected chi connectivity index (χ2v) is 3.04. The van der Waals surface area contributed by atoms with Gasteiger partial charge in [0, 0.05) is 19.4 Å². The Morgan fingerprint density at radius 2 is 1.60 bits per heavy atom. The fourth-order valence-electron chi connectivity index (χ4n) is 1.54. The highest BCUT2D eigenvalue weighted by Gasteiger charge is 2.15. The third-order valence-electron chi connectivity index (χ3n) is 2.14. The second kappa shape index (κ2) is 4.69. The standard InChI is InChI=1S/C8H18N2/c9-5-8-10-6-3-1-2-4-7-10/h1-9H2/q+1. The Morgan fingerprint density at radius 3 is 2.10 bits per heavy atom. The molecule has 0 atom stereocenters. The van der Waals surface area contributed by atoms with Crippen LogP contribution in [-0.4, -0.2) is 26.2 Å². The van der Waals surface area contributed by atoms with Gasteiger partial charge in [-0.25, -0.2) is 0 Å². The van der Waals surface area contributed by atoms with Crippen LogP contribution in [0.25, 0.3) is 0 Å². The van der Waals surface area contributed by atoms with Crippen LogP contribution < -0.4 is 10.6 Å². The molecular formula is C8H18N2+. The fraction of sp³-hybridized carbons (Fsp3) is 1.00. The van der Waals surface area contributed by atoms with Crippen molar-refractivity contribution in [1.82, 2.24) is 4.90 Å². The van der Waals surface area contributed by atoms with Crippen molar-refractivity contribution in [3.05, 3.63) is 0 Å². The first-order chi connectivity index (χ1) is 4.93. The lowest BCUT2D eigenvalue weighted by Crippen LogP contribution is -2.35. The van der Waals surface area contributed by atoms with E-state index in [9.17, 15) is 0 Å². The van der Waals surface area contributed by atoms with E-state index < -0.39 is 0 Å². The largest absolute Gasteiger partial charge is 0.325 e. The van der Waals surface area contributed by atoms with Crippen LogP contribution in [-0.2, 0) is 0 Å². The first-order valence-corrected chi connectivity index (χ1v) is 4.36. The van der Waals surface area contributed by atoms with E-state index in [0.717, 1.165) is 13.1 Å². The zero-order valence-electron chi connectivity index (χ0n) is 6.68. The van der Waals surface area contributed by atoms with Gasteiger partial charge in [-0.15, -0.1) is 0 Å². The van der Waals surface area contributed by atoms with E-state index in [2.05, 4.69) is 4.90 Å². The van der Waals surface area contributed by atoms with E-state index in [1.807, 2.05) is 0 Å². The van der Waals surface area contributed by atoms with Crippen LogP contribution in [0.15, 0.2) is 0 Å². The van der Waals surface area contributed by atoms with Gasteiger partial charge in [0.1, 0.15) is 19.6 Å². The van der Waals surface area contributed by atoms with Gasteiger partial charge in [-0.05, 0) is 12.8 Å². The molecular weight excluding hydrogens is 124 g/mol. The van der Waals surface area contributed by atoms with Crippen LogP contribution in [0.2, 0.25) is 0 Å². The molecule has 0 bridgehead atoms. The van der Waals surface area contributed by atoms with Gasteiger partial charge in [-0.2, -0.15) is 4.90 Å². The molecule has 0 aromatic rings. The molecule has 2 nitrogen and oxygen atoms in total. The average molecular weight is 142 g/mol. The molecule has 1 aliphatic heterocycles. The van der Waals surface area contributed by atoms with Crippen LogP contribution in [0, 0.1) is 0 Å². The Balaban J connectivity index is 2.15. The lowest BCUT2D eigenvalue weighted by Gasteiger charge is -2.06. The number of likely N-dealkylation sites (tertiary alicyclic amines) is 1. The predicted octanol–water partition coefficient (Wildman–Crippen LogP) is 0.659. The van der Waals surface area contributed by atoms with Crippen LogP contribution >= 0.6 is 0 Å². The third-order valence-corrected chi connectivity index (χ3v) is 2.14. The van der Waals surface area contributed by atoms with Gasteiger partial charge >= 0.3 is 0 Å². The van der Waals surface area contributed by atoms with Crippen molar-refractivity contribution < 1.29 is 0 Å². The van der Waals surface area contributed by atoms with Crippen LogP contribution in [0.3, 0.4) is 0 Å². The molecule has 2 N–H and O–H groups in total. The van der Waals surface area contributed by atoms with Crippen molar-refractivity contribution in [2.45, 2.75) is 25.7 Å². The molecule has 1 heterocycles. The summed E-state index contributed by atoms with van der Waals surface area (Å²) in [5.74, 6) is 0. The van der Waals surface area contributed by atoms with Gasteiger partial charge in [0.05, 0.1) is 0 Å². The molecule has 1 rings (SSSR count). The molecule has 0 aromatic carbocycles. The van der Waals surface area contributed by atoms with E-state index in [-0.39, 0.29) is 0 Å². The van der Waals surface area contributed by atoms with Crippen molar-refractivity contribution >= 4 is 0 Å². The Kier molecular flexibility index (Phi) is 3.76. The molecule has 0 aliphatic carbocycles. The Hall–Kier alpha value is -0.0800. The van der Waals surface area contributed by atoms with Crippen LogP contribution in [0.4, 0.5) is 0 Å². The number of nitrogens with zero attached hydrogens (tertiary/aromatic N) is 1. The third kappa shape index (κ3) is 2.67. The maximum Gasteiger partial charge on any atom is 0.135 e. The van der Waals surface area contributed by atoms with Gasteiger partial charge in [-0.1, -0.05) is 0 Å². The summed E-state index contributed by atoms with van der Waals surface area (Å²) in [5.41, 5.74) is 5.47. The molecule has 1 radical (unpaired) electrons. The minimum atomic E-state index is 0.819. The molecule has 59 valence electrons. The van der Waals surface area contributed by atoms with Crippen molar-refractivity contribution in [2.24, 2.45) is 5.73 Å². The second-order valence-electron chi connectivity index (χ2n) is 3.04. The summed E-state index contributed by atoms with van der Waals surface area (Å²) < 4.78 is 0. The first kappa shape index (κ1) is 8.02. The molecule has 0 amide bonds. The van der Waals surface area contributed by atoms with Gasteiger partial charge in [0.15, 0.2) is 0 Å². The van der Waals surface area contributed by atoms with Gasteiger partial charge in [0.2, 0.25) is 0 Å². The lowest BCUT2D eigenvalue weighted by atomic mass is 10.2. The monoisotopic (exact) mass is 142 g/mol. The molecule has 1 saturated heterocycles. The average Bonchev–Trinajstić information content (AvgIpc) is 2.17. The van der Waals surface area contributed by atoms with E-state index in [0.29, 0.717) is 0 Å². The smallest absolute Gasteiger partial charge is 0.135 e. The lowest BCUT2D eigenvalue weighted by molar-refractivity contribution is 0.428. The van der Waals surface area contributed by atoms with Gasteiger partial charge in [0.25, 0.3) is 0 Å². The maximum atomic E-state index is 5.47. The van der Waals surface area contributed by atoms with Crippen molar-refractivity contribution in [3.63, 3.8) is 0 Å². The molecule has 0 spiro atoms. The Morgan fingerprint density at radius 1 is 1.00 bits per heavy atom. The summed E-state index contributed by atoms with van der Waals surface area (Å²) in [4.78, 5) is 2.48. The Bertz CT molecular complexity index is 75.3. The van der Waals surface area contributed by atoms with Gasteiger partial charge in [-0.3, -0.25) is 0 Å². The summed E-state index contributed by atoms with van der Waals surface area (Å²) in [7, 11) is 0. The van der Waals surface area contributed by atoms with E-state index >= 15 is 0 Å². The van der Waals surface area contributed by atoms with Crippen molar-refractivity contribution in [2.75, 3.05) is 26.2 Å². The Labute approximate surface area is 63.4 Å². The maximum absolute atomic E-state index is 5.47. The molecule has 1 aliphatic rings. The SMILES string of the molecule is NCC[N+]1CCCCCC1. The zero-order chi connectivity index (χ0) is 7.23. The molecule has 1 fully saturated rings. The number of hydrogen-bond acceptors (Lipinski definition) is 2. The quantitative estimate of drug-likeness (QED) is 0.564. The highest BCUT2D eigenvalue weighted by Crippen LogP contribution is 2.06. The number of nitrogens with two attached hydrogens (primary N) is 1. The molecule has 0 saturated carbocycles. The summed E-state index contributed by atoms with van der Waals surface area (Å²) in [6.07, 6.45) is 5.59. The summed E-state index contributed by atoms with van der Waals surface area (Å²) in [5, 5.41) is 0. The minimum Gasteiger partial charge on any atom is -0.325 e. The molecule has 0 aromatic heterocycles. The van der Waals surface area contributed by atoms with Crippen LogP contribution in [0.1, 0.15) is 25.7 Å². The normalized spacial score (nSPS) is 22.5. The van der Waals surface area contributed by atoms with E-state index in [1.54, 1.807) is 0 Å². The summed E-state index contributed by atoms with van der Waals surface area (Å²) in [6, 6.07) is 0. The van der Waals surface area contributed by atoms with Gasteiger partial charge < -0.3 is 5.73 Å². The highest BCUT2D eigenvalue weighted by molar-refractivity contribution is 4.68. The summed E-state index contributed by atoms with van der Waals surface area (Å²) >= 11 is 0. The molecule has 0 unspecified atom stereocenters. The van der Waals surface area contributed by atoms with E-state index in [4.69, 9.17) is 5.73 Å². The number of hydrogen-bond donors (Lipinski definition) is 1. The number of rotatable bonds is 2. The highest BCUT2D eigenvalue weighted by atomic mass is 15.1. The van der Waals surface area contributed by atoms with Crippen molar-refractivity contribution in [1.29, 1.82) is 0 Å². The summed E-state index contributed by atoms with van der Waals surface area (Å²) in [6.45, 7) is 4.47. The topological polar surface area (TPSA) is 31.9 Å². The van der Waals surface area contributed by atoms with Crippen LogP contribution in [0.5, 0.6) is 0 Å². The van der Waals surface area contributed by atoms with E-state index in [1.165, 1.54) is 38.8 Å². The van der Waals surface area contributed by atoms with Crippen molar-refractivity contribution in [3.8, 4) is 0 Å². The first-order valence-electron chi connectivity index (χ1n) is 4.36. The minimum absolute atomic E-state index is 0.819.